The Balaban J connectivity index is 1.71. The van der Waals surface area contributed by atoms with E-state index in [-0.39, 0.29) is 0 Å². The Labute approximate surface area is 115 Å². The molecule has 0 amide bonds. The van der Waals surface area contributed by atoms with E-state index in [2.05, 4.69) is 24.8 Å². The van der Waals surface area contributed by atoms with Gasteiger partial charge in [-0.15, -0.1) is 0 Å². The Morgan fingerprint density at radius 2 is 2.00 bits per heavy atom. The summed E-state index contributed by atoms with van der Waals surface area (Å²) in [4.78, 5) is 0. The number of hydrogen-bond donors (Lipinski definition) is 0. The highest BCUT2D eigenvalue weighted by atomic mass is 16.5. The molecule has 1 aromatic rings. The smallest absolute Gasteiger partial charge is 0.119 e. The Hall–Kier alpha value is -1.24. The molecule has 1 heteroatoms. The summed E-state index contributed by atoms with van der Waals surface area (Å²) in [7, 11) is 1.76. The van der Waals surface area contributed by atoms with Crippen LogP contribution in [0, 0.1) is 17.8 Å². The maximum atomic E-state index is 5.37. The van der Waals surface area contributed by atoms with Crippen LogP contribution in [0.4, 0.5) is 0 Å². The number of fused-ring (bicyclic) bond motifs is 5. The van der Waals surface area contributed by atoms with E-state index in [9.17, 15) is 0 Å². The summed E-state index contributed by atoms with van der Waals surface area (Å²) in [6, 6.07) is 6.73. The molecular formula is C18H22O. The third kappa shape index (κ3) is 1.74. The highest BCUT2D eigenvalue weighted by Crippen LogP contribution is 2.60. The summed E-state index contributed by atoms with van der Waals surface area (Å²) in [6.45, 7) is 4.32. The molecule has 0 aliphatic heterocycles. The van der Waals surface area contributed by atoms with E-state index >= 15 is 0 Å². The van der Waals surface area contributed by atoms with E-state index in [0.29, 0.717) is 0 Å². The van der Waals surface area contributed by atoms with E-state index in [1.807, 2.05) is 0 Å². The summed E-state index contributed by atoms with van der Waals surface area (Å²) < 4.78 is 5.37. The Bertz CT molecular complexity index is 530. The molecule has 4 rings (SSSR count). The summed E-state index contributed by atoms with van der Waals surface area (Å²) in [6.07, 6.45) is 6.60. The van der Waals surface area contributed by atoms with Crippen molar-refractivity contribution in [3.05, 3.63) is 41.5 Å². The van der Waals surface area contributed by atoms with Crippen molar-refractivity contribution in [1.29, 1.82) is 0 Å². The quantitative estimate of drug-likeness (QED) is 0.678. The summed E-state index contributed by atoms with van der Waals surface area (Å²) in [5.41, 5.74) is 4.68. The van der Waals surface area contributed by atoms with Gasteiger partial charge in [-0.2, -0.15) is 0 Å². The van der Waals surface area contributed by atoms with Gasteiger partial charge in [0.15, 0.2) is 0 Å². The zero-order valence-corrected chi connectivity index (χ0v) is 11.7. The van der Waals surface area contributed by atoms with Gasteiger partial charge in [-0.05, 0) is 79.0 Å². The minimum atomic E-state index is 0.781. The Morgan fingerprint density at radius 3 is 2.84 bits per heavy atom. The van der Waals surface area contributed by atoms with Gasteiger partial charge in [0.05, 0.1) is 7.11 Å². The van der Waals surface area contributed by atoms with Crippen molar-refractivity contribution in [1.82, 2.24) is 0 Å². The van der Waals surface area contributed by atoms with Gasteiger partial charge in [0.2, 0.25) is 0 Å². The fraction of sp³-hybridized carbons (Fsp3) is 0.556. The lowest BCUT2D eigenvalue weighted by Gasteiger charge is -2.33. The molecule has 0 heterocycles. The Morgan fingerprint density at radius 1 is 1.11 bits per heavy atom. The molecule has 2 saturated carbocycles. The van der Waals surface area contributed by atoms with Crippen molar-refractivity contribution >= 4 is 0 Å². The standard InChI is InChI=1S/C18H22O/c1-11-3-6-15-14-8-5-13(19-2)9-12(14)4-7-16(15)18-10-17(11)18/h5,8-9,15-18H,1,3-4,6-7,10H2,2H3. The third-order valence-corrected chi connectivity index (χ3v) is 5.70. The molecule has 0 aromatic heterocycles. The second-order valence-corrected chi connectivity index (χ2v) is 6.58. The molecule has 1 aromatic carbocycles. The van der Waals surface area contributed by atoms with Gasteiger partial charge in [-0.25, -0.2) is 0 Å². The highest BCUT2D eigenvalue weighted by molar-refractivity contribution is 5.41. The van der Waals surface area contributed by atoms with Gasteiger partial charge in [-0.1, -0.05) is 18.2 Å². The van der Waals surface area contributed by atoms with Crippen LogP contribution in [0.15, 0.2) is 30.4 Å². The van der Waals surface area contributed by atoms with Crippen LogP contribution in [0.3, 0.4) is 0 Å². The van der Waals surface area contributed by atoms with Crippen LogP contribution >= 0.6 is 0 Å². The van der Waals surface area contributed by atoms with Crippen LogP contribution in [-0.2, 0) is 6.42 Å². The van der Waals surface area contributed by atoms with Crippen molar-refractivity contribution in [3.63, 3.8) is 0 Å². The molecule has 2 fully saturated rings. The molecule has 4 unspecified atom stereocenters. The topological polar surface area (TPSA) is 9.23 Å². The van der Waals surface area contributed by atoms with E-state index in [0.717, 1.165) is 29.4 Å². The summed E-state index contributed by atoms with van der Waals surface area (Å²) in [5, 5.41) is 0. The van der Waals surface area contributed by atoms with Gasteiger partial charge in [0.25, 0.3) is 0 Å². The first-order valence-corrected chi connectivity index (χ1v) is 7.62. The first-order valence-electron chi connectivity index (χ1n) is 7.62. The highest BCUT2D eigenvalue weighted by Gasteiger charge is 2.50. The fourth-order valence-corrected chi connectivity index (χ4v) is 4.61. The third-order valence-electron chi connectivity index (χ3n) is 5.70. The van der Waals surface area contributed by atoms with Crippen molar-refractivity contribution in [2.45, 2.75) is 38.0 Å². The molecule has 19 heavy (non-hydrogen) atoms. The van der Waals surface area contributed by atoms with E-state index in [1.165, 1.54) is 43.2 Å². The minimum Gasteiger partial charge on any atom is -0.497 e. The number of rotatable bonds is 1. The molecule has 3 aliphatic carbocycles. The molecule has 100 valence electrons. The minimum absolute atomic E-state index is 0.781. The lowest BCUT2D eigenvalue weighted by atomic mass is 9.71. The second-order valence-electron chi connectivity index (χ2n) is 6.58. The normalized spacial score (nSPS) is 35.7. The van der Waals surface area contributed by atoms with Crippen molar-refractivity contribution < 1.29 is 4.74 Å². The first kappa shape index (κ1) is 11.6. The zero-order chi connectivity index (χ0) is 13.0. The largest absolute Gasteiger partial charge is 0.497 e. The monoisotopic (exact) mass is 254 g/mol. The number of aryl methyl sites for hydroxylation is 1. The molecule has 0 N–H and O–H groups in total. The maximum Gasteiger partial charge on any atom is 0.119 e. The van der Waals surface area contributed by atoms with Crippen molar-refractivity contribution in [2.24, 2.45) is 17.8 Å². The summed E-state index contributed by atoms with van der Waals surface area (Å²) in [5.74, 6) is 4.54. The predicted molar refractivity (Wildman–Crippen MR) is 77.5 cm³/mol. The number of allylic oxidation sites excluding steroid dienone is 1. The van der Waals surface area contributed by atoms with E-state index in [1.54, 1.807) is 12.7 Å². The molecular weight excluding hydrogens is 232 g/mol. The maximum absolute atomic E-state index is 5.37. The first-order chi connectivity index (χ1) is 9.28. The molecule has 0 bridgehead atoms. The van der Waals surface area contributed by atoms with Crippen LogP contribution < -0.4 is 4.74 Å². The molecule has 0 radical (unpaired) electrons. The zero-order valence-electron chi connectivity index (χ0n) is 11.7. The molecule has 1 nitrogen and oxygen atoms in total. The van der Waals surface area contributed by atoms with Crippen LogP contribution in [0.1, 0.15) is 42.7 Å². The molecule has 0 spiro atoms. The van der Waals surface area contributed by atoms with Gasteiger partial charge in [0, 0.05) is 0 Å². The van der Waals surface area contributed by atoms with Gasteiger partial charge in [-0.3, -0.25) is 0 Å². The number of methoxy groups -OCH3 is 1. The Kier molecular flexibility index (Phi) is 2.51. The van der Waals surface area contributed by atoms with Crippen LogP contribution in [0.2, 0.25) is 0 Å². The van der Waals surface area contributed by atoms with E-state index < -0.39 is 0 Å². The number of benzene rings is 1. The van der Waals surface area contributed by atoms with Crippen LogP contribution in [-0.4, -0.2) is 7.11 Å². The molecule has 0 saturated heterocycles. The SMILES string of the molecule is C=C1CCC2c3ccc(OC)cc3CCC2C2CC12. The van der Waals surface area contributed by atoms with Crippen molar-refractivity contribution in [2.75, 3.05) is 7.11 Å². The summed E-state index contributed by atoms with van der Waals surface area (Å²) >= 11 is 0. The van der Waals surface area contributed by atoms with Crippen LogP contribution in [0.25, 0.3) is 0 Å². The second kappa shape index (κ2) is 4.13. The lowest BCUT2D eigenvalue weighted by molar-refractivity contribution is 0.321. The molecule has 4 atom stereocenters. The van der Waals surface area contributed by atoms with E-state index in [4.69, 9.17) is 4.74 Å². The van der Waals surface area contributed by atoms with Gasteiger partial charge < -0.3 is 4.74 Å². The van der Waals surface area contributed by atoms with Gasteiger partial charge >= 0.3 is 0 Å². The van der Waals surface area contributed by atoms with Crippen molar-refractivity contribution in [3.8, 4) is 5.75 Å². The fourth-order valence-electron chi connectivity index (χ4n) is 4.61. The number of ether oxygens (including phenoxy) is 1. The predicted octanol–water partition coefficient (Wildman–Crippen LogP) is 4.33. The lowest BCUT2D eigenvalue weighted by Crippen LogP contribution is -2.22. The average Bonchev–Trinajstić information content (AvgIpc) is 3.23. The number of hydrogen-bond acceptors (Lipinski definition) is 1. The van der Waals surface area contributed by atoms with Crippen LogP contribution in [0.5, 0.6) is 5.75 Å². The average molecular weight is 254 g/mol. The molecule has 3 aliphatic rings. The van der Waals surface area contributed by atoms with Gasteiger partial charge in [0.1, 0.15) is 5.75 Å².